The Bertz CT molecular complexity index is 1060. The van der Waals surface area contributed by atoms with E-state index in [2.05, 4.69) is 15.2 Å². The molecule has 1 unspecified atom stereocenters. The fourth-order valence-corrected chi connectivity index (χ4v) is 5.00. The Morgan fingerprint density at radius 1 is 1.07 bits per heavy atom. The molecule has 0 bridgehead atoms. The van der Waals surface area contributed by atoms with Gasteiger partial charge in [-0.15, -0.1) is 0 Å². The molecule has 0 spiro atoms. The lowest BCUT2D eigenvalue weighted by atomic mass is 9.91. The van der Waals surface area contributed by atoms with E-state index in [-0.39, 0.29) is 23.7 Å². The van der Waals surface area contributed by atoms with Gasteiger partial charge in [0.15, 0.2) is 11.3 Å². The first-order valence-corrected chi connectivity index (χ1v) is 9.66. The van der Waals surface area contributed by atoms with Crippen LogP contribution in [0.5, 0.6) is 0 Å². The van der Waals surface area contributed by atoms with Crippen LogP contribution < -0.4 is 0 Å². The summed E-state index contributed by atoms with van der Waals surface area (Å²) in [4.78, 5) is 18.9. The van der Waals surface area contributed by atoms with Gasteiger partial charge >= 0.3 is 6.18 Å². The number of rotatable bonds is 2. The van der Waals surface area contributed by atoms with Crippen LogP contribution in [0.15, 0.2) is 42.6 Å². The number of nitrogens with one attached hydrogen (secondary N) is 1. The smallest absolute Gasteiger partial charge is 0.337 e. The third-order valence-electron chi connectivity index (χ3n) is 6.28. The third kappa shape index (κ3) is 3.07. The number of pyridine rings is 1. The summed E-state index contributed by atoms with van der Waals surface area (Å²) in [6, 6.07) is 9.43. The number of halogens is 3. The van der Waals surface area contributed by atoms with Gasteiger partial charge in [-0.1, -0.05) is 18.2 Å². The number of H-pyrrole nitrogens is 1. The standard InChI is InChI=1S/C21H19F3N4O/c22-21(23,24)17-6-2-1-4-15(17)12-8-13-10-28(11-14(13)9-12)20(29)18-16-5-3-7-25-19(16)27-26-18/h1-7,12-14H,8-11H2,(H,25,26,27)/t12?,13-,14+. The normalized spacial score (nSPS) is 24.2. The van der Waals surface area contributed by atoms with Crippen molar-refractivity contribution in [2.45, 2.75) is 24.9 Å². The molecule has 0 radical (unpaired) electrons. The van der Waals surface area contributed by atoms with Crippen LogP contribution in [0.1, 0.15) is 40.4 Å². The Morgan fingerprint density at radius 2 is 1.79 bits per heavy atom. The van der Waals surface area contributed by atoms with Gasteiger partial charge in [0.1, 0.15) is 0 Å². The van der Waals surface area contributed by atoms with E-state index in [0.29, 0.717) is 48.2 Å². The summed E-state index contributed by atoms with van der Waals surface area (Å²) in [5, 5.41) is 7.59. The molecule has 5 nitrogen and oxygen atoms in total. The summed E-state index contributed by atoms with van der Waals surface area (Å²) < 4.78 is 40.1. The Hall–Kier alpha value is -2.90. The minimum Gasteiger partial charge on any atom is -0.337 e. The van der Waals surface area contributed by atoms with E-state index in [1.807, 2.05) is 0 Å². The van der Waals surface area contributed by atoms with Crippen molar-refractivity contribution in [2.75, 3.05) is 13.1 Å². The molecule has 1 aliphatic carbocycles. The van der Waals surface area contributed by atoms with Crippen LogP contribution in [0.4, 0.5) is 13.2 Å². The van der Waals surface area contributed by atoms with E-state index in [9.17, 15) is 18.0 Å². The molecule has 1 amide bonds. The number of fused-ring (bicyclic) bond motifs is 2. The molecule has 1 aromatic carbocycles. The van der Waals surface area contributed by atoms with Crippen LogP contribution in [-0.2, 0) is 6.18 Å². The van der Waals surface area contributed by atoms with Crippen molar-refractivity contribution in [2.24, 2.45) is 11.8 Å². The second-order valence-electron chi connectivity index (χ2n) is 7.96. The average molecular weight is 400 g/mol. The molecule has 3 heterocycles. The number of aromatic amines is 1. The number of hydrogen-bond acceptors (Lipinski definition) is 3. The van der Waals surface area contributed by atoms with Crippen molar-refractivity contribution in [3.8, 4) is 0 Å². The van der Waals surface area contributed by atoms with Gasteiger partial charge in [-0.2, -0.15) is 18.3 Å². The van der Waals surface area contributed by atoms with Gasteiger partial charge in [0.05, 0.1) is 10.9 Å². The summed E-state index contributed by atoms with van der Waals surface area (Å²) in [5.74, 6) is 0.170. The predicted octanol–water partition coefficient (Wildman–Crippen LogP) is 4.24. The van der Waals surface area contributed by atoms with Crippen molar-refractivity contribution in [1.29, 1.82) is 0 Å². The molecule has 2 aliphatic rings. The summed E-state index contributed by atoms with van der Waals surface area (Å²) >= 11 is 0. The van der Waals surface area contributed by atoms with Gasteiger partial charge in [0, 0.05) is 19.3 Å². The largest absolute Gasteiger partial charge is 0.416 e. The van der Waals surface area contributed by atoms with E-state index >= 15 is 0 Å². The molecule has 1 saturated heterocycles. The van der Waals surface area contributed by atoms with Gasteiger partial charge < -0.3 is 4.90 Å². The Kier molecular flexibility index (Phi) is 4.11. The highest BCUT2D eigenvalue weighted by molar-refractivity contribution is 6.03. The highest BCUT2D eigenvalue weighted by Gasteiger charge is 2.45. The topological polar surface area (TPSA) is 61.9 Å². The number of likely N-dealkylation sites (tertiary alicyclic amines) is 1. The molecule has 1 saturated carbocycles. The lowest BCUT2D eigenvalue weighted by Crippen LogP contribution is -2.30. The monoisotopic (exact) mass is 400 g/mol. The number of hydrogen-bond donors (Lipinski definition) is 1. The second-order valence-corrected chi connectivity index (χ2v) is 7.96. The molecule has 1 aliphatic heterocycles. The van der Waals surface area contributed by atoms with Gasteiger partial charge in [-0.3, -0.25) is 9.89 Å². The third-order valence-corrected chi connectivity index (χ3v) is 6.28. The lowest BCUT2D eigenvalue weighted by molar-refractivity contribution is -0.138. The molecular formula is C21H19F3N4O. The Labute approximate surface area is 164 Å². The molecule has 2 fully saturated rings. The zero-order valence-corrected chi connectivity index (χ0v) is 15.5. The SMILES string of the molecule is O=C(c1n[nH]c2ncccc12)N1C[C@H]2CC(c3ccccc3C(F)(F)F)C[C@H]2C1. The summed E-state index contributed by atoms with van der Waals surface area (Å²) in [7, 11) is 0. The lowest BCUT2D eigenvalue weighted by Gasteiger charge is -2.21. The molecule has 8 heteroatoms. The summed E-state index contributed by atoms with van der Waals surface area (Å²) in [6.45, 7) is 1.12. The highest BCUT2D eigenvalue weighted by Crippen LogP contribution is 2.49. The van der Waals surface area contributed by atoms with E-state index in [0.717, 1.165) is 6.07 Å². The van der Waals surface area contributed by atoms with Crippen LogP contribution >= 0.6 is 0 Å². The van der Waals surface area contributed by atoms with Crippen molar-refractivity contribution in [1.82, 2.24) is 20.1 Å². The minimum atomic E-state index is -4.34. The van der Waals surface area contributed by atoms with Crippen molar-refractivity contribution in [3.05, 3.63) is 59.4 Å². The predicted molar refractivity (Wildman–Crippen MR) is 100 cm³/mol. The number of alkyl halides is 3. The van der Waals surface area contributed by atoms with Crippen molar-refractivity contribution in [3.63, 3.8) is 0 Å². The molecule has 150 valence electrons. The quantitative estimate of drug-likeness (QED) is 0.700. The fourth-order valence-electron chi connectivity index (χ4n) is 5.00. The second kappa shape index (κ2) is 6.57. The maximum Gasteiger partial charge on any atom is 0.416 e. The molecule has 1 N–H and O–H groups in total. The fraction of sp³-hybridized carbons (Fsp3) is 0.381. The molecular weight excluding hydrogens is 381 g/mol. The number of benzene rings is 1. The van der Waals surface area contributed by atoms with Crippen LogP contribution in [-0.4, -0.2) is 39.1 Å². The molecule has 3 aromatic rings. The first-order valence-electron chi connectivity index (χ1n) is 9.66. The first kappa shape index (κ1) is 18.1. The van der Waals surface area contributed by atoms with Gasteiger partial charge in [-0.05, 0) is 54.4 Å². The van der Waals surface area contributed by atoms with Crippen molar-refractivity contribution < 1.29 is 18.0 Å². The van der Waals surface area contributed by atoms with Crippen molar-refractivity contribution >= 4 is 16.9 Å². The number of aromatic nitrogens is 3. The average Bonchev–Trinajstić information content (AvgIpc) is 3.39. The number of amides is 1. The zero-order valence-electron chi connectivity index (χ0n) is 15.5. The van der Waals surface area contributed by atoms with E-state index in [1.165, 1.54) is 6.07 Å². The first-order chi connectivity index (χ1) is 13.9. The maximum absolute atomic E-state index is 13.4. The highest BCUT2D eigenvalue weighted by atomic mass is 19.4. The maximum atomic E-state index is 13.4. The van der Waals surface area contributed by atoms with Crippen LogP contribution in [0.25, 0.3) is 11.0 Å². The number of nitrogens with zero attached hydrogens (tertiary/aromatic N) is 3. The van der Waals surface area contributed by atoms with E-state index < -0.39 is 11.7 Å². The van der Waals surface area contributed by atoms with E-state index in [1.54, 1.807) is 35.4 Å². The minimum absolute atomic E-state index is 0.115. The Balaban J connectivity index is 1.33. The summed E-state index contributed by atoms with van der Waals surface area (Å²) in [5.41, 5.74) is 0.774. The zero-order chi connectivity index (χ0) is 20.2. The summed E-state index contributed by atoms with van der Waals surface area (Å²) in [6.07, 6.45) is -1.37. The van der Waals surface area contributed by atoms with Crippen LogP contribution in [0.3, 0.4) is 0 Å². The van der Waals surface area contributed by atoms with Crippen LogP contribution in [0, 0.1) is 11.8 Å². The molecule has 29 heavy (non-hydrogen) atoms. The Morgan fingerprint density at radius 3 is 2.52 bits per heavy atom. The molecule has 5 rings (SSSR count). The van der Waals surface area contributed by atoms with Gasteiger partial charge in [0.2, 0.25) is 0 Å². The van der Waals surface area contributed by atoms with Gasteiger partial charge in [-0.25, -0.2) is 4.98 Å². The molecule has 3 atom stereocenters. The van der Waals surface area contributed by atoms with E-state index in [4.69, 9.17) is 0 Å². The number of carbonyl (C=O) groups is 1. The van der Waals surface area contributed by atoms with Crippen LogP contribution in [0.2, 0.25) is 0 Å². The van der Waals surface area contributed by atoms with Gasteiger partial charge in [0.25, 0.3) is 5.91 Å². The number of carbonyl (C=O) groups excluding carboxylic acids is 1. The molecule has 2 aromatic heterocycles.